The lowest BCUT2D eigenvalue weighted by atomic mass is 10.1. The zero-order valence-corrected chi connectivity index (χ0v) is 4.72. The van der Waals surface area contributed by atoms with Gasteiger partial charge in [-0.25, -0.2) is 0 Å². The highest BCUT2D eigenvalue weighted by atomic mass is 16.6. The Hall–Kier alpha value is -0.810. The van der Waals surface area contributed by atoms with Gasteiger partial charge in [0.25, 0.3) is 0 Å². The van der Waals surface area contributed by atoms with Crippen LogP contribution in [-0.2, 0) is 4.74 Å². The molecule has 1 aliphatic rings. The molecule has 1 rings (SSSR count). The van der Waals surface area contributed by atoms with Gasteiger partial charge in [-0.3, -0.25) is 0 Å². The number of hydrogen-bond donors (Lipinski definition) is 0. The largest absolute Gasteiger partial charge is 0.346 e. The SMILES string of the molecule is C=CC1(C)OC1C#N. The van der Waals surface area contributed by atoms with E-state index in [4.69, 9.17) is 10.00 Å². The molecule has 0 spiro atoms. The van der Waals surface area contributed by atoms with Crippen LogP contribution in [0.3, 0.4) is 0 Å². The van der Waals surface area contributed by atoms with Crippen molar-refractivity contribution in [2.45, 2.75) is 18.6 Å². The Morgan fingerprint density at radius 1 is 2.00 bits per heavy atom. The zero-order valence-electron chi connectivity index (χ0n) is 4.72. The van der Waals surface area contributed by atoms with Gasteiger partial charge in [0.15, 0.2) is 6.10 Å². The van der Waals surface area contributed by atoms with Gasteiger partial charge in [-0.15, -0.1) is 6.58 Å². The molecule has 0 radical (unpaired) electrons. The summed E-state index contributed by atoms with van der Waals surface area (Å²) in [6.45, 7) is 5.36. The molecule has 1 aliphatic heterocycles. The second-order valence-corrected chi connectivity index (χ2v) is 2.01. The van der Waals surface area contributed by atoms with E-state index in [1.165, 1.54) is 0 Å². The van der Waals surface area contributed by atoms with Crippen LogP contribution in [-0.4, -0.2) is 11.7 Å². The number of nitrogens with zero attached hydrogens (tertiary/aromatic N) is 1. The maximum absolute atomic E-state index is 8.25. The molecule has 0 aromatic carbocycles. The lowest BCUT2D eigenvalue weighted by molar-refractivity contribution is 0.358. The van der Waals surface area contributed by atoms with Gasteiger partial charge in [0.1, 0.15) is 5.60 Å². The quantitative estimate of drug-likeness (QED) is 0.369. The fourth-order valence-electron chi connectivity index (χ4n) is 0.530. The van der Waals surface area contributed by atoms with E-state index < -0.39 is 0 Å². The van der Waals surface area contributed by atoms with Crippen LogP contribution in [0.4, 0.5) is 0 Å². The first-order chi connectivity index (χ1) is 3.73. The fourth-order valence-corrected chi connectivity index (χ4v) is 0.530. The van der Waals surface area contributed by atoms with Gasteiger partial charge in [0, 0.05) is 0 Å². The molecule has 0 bridgehead atoms. The number of nitriles is 1. The van der Waals surface area contributed by atoms with Crippen molar-refractivity contribution >= 4 is 0 Å². The topological polar surface area (TPSA) is 36.3 Å². The van der Waals surface area contributed by atoms with E-state index in [2.05, 4.69) is 6.58 Å². The Kier molecular flexibility index (Phi) is 0.887. The Morgan fingerprint density at radius 3 is 2.75 bits per heavy atom. The van der Waals surface area contributed by atoms with Gasteiger partial charge >= 0.3 is 0 Å². The van der Waals surface area contributed by atoms with Crippen molar-refractivity contribution in [2.75, 3.05) is 0 Å². The van der Waals surface area contributed by atoms with Crippen molar-refractivity contribution in [1.82, 2.24) is 0 Å². The van der Waals surface area contributed by atoms with Crippen LogP contribution in [0.2, 0.25) is 0 Å². The van der Waals surface area contributed by atoms with Crippen molar-refractivity contribution in [3.8, 4) is 6.07 Å². The van der Waals surface area contributed by atoms with Crippen molar-refractivity contribution in [3.63, 3.8) is 0 Å². The van der Waals surface area contributed by atoms with Gasteiger partial charge in [0.05, 0.1) is 6.07 Å². The molecule has 2 unspecified atom stereocenters. The van der Waals surface area contributed by atoms with Crippen molar-refractivity contribution in [2.24, 2.45) is 0 Å². The van der Waals surface area contributed by atoms with E-state index in [-0.39, 0.29) is 11.7 Å². The van der Waals surface area contributed by atoms with Crippen molar-refractivity contribution in [1.29, 1.82) is 5.26 Å². The van der Waals surface area contributed by atoms with E-state index in [0.717, 1.165) is 0 Å². The number of ether oxygens (including phenoxy) is 1. The Morgan fingerprint density at radius 2 is 2.62 bits per heavy atom. The van der Waals surface area contributed by atoms with E-state index in [1.807, 2.05) is 13.0 Å². The molecular formula is C6H7NO. The molecule has 2 heteroatoms. The summed E-state index contributed by atoms with van der Waals surface area (Å²) in [7, 11) is 0. The standard InChI is InChI=1S/C6H7NO/c1-3-6(2)5(4-7)8-6/h3,5H,1H2,2H3. The highest BCUT2D eigenvalue weighted by Gasteiger charge is 2.50. The highest BCUT2D eigenvalue weighted by molar-refractivity contribution is 5.19. The summed E-state index contributed by atoms with van der Waals surface area (Å²) in [5.74, 6) is 0. The van der Waals surface area contributed by atoms with Gasteiger partial charge in [-0.1, -0.05) is 6.08 Å². The Labute approximate surface area is 48.4 Å². The minimum absolute atomic E-state index is 0.250. The molecule has 1 saturated heterocycles. The van der Waals surface area contributed by atoms with Crippen LogP contribution in [0.1, 0.15) is 6.92 Å². The molecule has 0 amide bonds. The van der Waals surface area contributed by atoms with Crippen LogP contribution in [0.5, 0.6) is 0 Å². The average Bonchev–Trinajstić information content (AvgIpc) is 2.44. The molecule has 2 atom stereocenters. The van der Waals surface area contributed by atoms with Crippen molar-refractivity contribution < 1.29 is 4.74 Å². The van der Waals surface area contributed by atoms with E-state index in [1.54, 1.807) is 6.08 Å². The minimum Gasteiger partial charge on any atom is -0.346 e. The molecular weight excluding hydrogens is 102 g/mol. The van der Waals surface area contributed by atoms with Crippen molar-refractivity contribution in [3.05, 3.63) is 12.7 Å². The van der Waals surface area contributed by atoms with Crippen LogP contribution in [0, 0.1) is 11.3 Å². The minimum atomic E-state index is -0.339. The van der Waals surface area contributed by atoms with E-state index >= 15 is 0 Å². The Bertz CT molecular complexity index is 158. The summed E-state index contributed by atoms with van der Waals surface area (Å²) in [4.78, 5) is 0. The summed E-state index contributed by atoms with van der Waals surface area (Å²) in [5, 5.41) is 8.25. The molecule has 8 heavy (non-hydrogen) atoms. The number of epoxide rings is 1. The zero-order chi connectivity index (χ0) is 6.20. The molecule has 42 valence electrons. The normalized spacial score (nSPS) is 42.8. The molecule has 0 aromatic heterocycles. The molecule has 0 saturated carbocycles. The second-order valence-electron chi connectivity index (χ2n) is 2.01. The lowest BCUT2D eigenvalue weighted by Gasteiger charge is -1.87. The second kappa shape index (κ2) is 1.33. The predicted molar refractivity (Wildman–Crippen MR) is 29.1 cm³/mol. The van der Waals surface area contributed by atoms with Crippen LogP contribution in [0.25, 0.3) is 0 Å². The lowest BCUT2D eigenvalue weighted by Crippen LogP contribution is -2.01. The first kappa shape index (κ1) is 5.33. The third-order valence-electron chi connectivity index (χ3n) is 1.36. The first-order valence-corrected chi connectivity index (χ1v) is 2.44. The van der Waals surface area contributed by atoms with Gasteiger partial charge in [-0.2, -0.15) is 5.26 Å². The Balaban J connectivity index is 2.58. The van der Waals surface area contributed by atoms with Gasteiger partial charge < -0.3 is 4.74 Å². The average molecular weight is 109 g/mol. The summed E-state index contributed by atoms with van der Waals surface area (Å²) < 4.78 is 4.92. The molecule has 2 nitrogen and oxygen atoms in total. The summed E-state index contributed by atoms with van der Waals surface area (Å²) >= 11 is 0. The van der Waals surface area contributed by atoms with E-state index in [0.29, 0.717) is 0 Å². The third-order valence-corrected chi connectivity index (χ3v) is 1.36. The predicted octanol–water partition coefficient (Wildman–Crippen LogP) is 0.853. The van der Waals surface area contributed by atoms with Gasteiger partial charge in [0.2, 0.25) is 0 Å². The molecule has 0 N–H and O–H groups in total. The van der Waals surface area contributed by atoms with Crippen LogP contribution in [0.15, 0.2) is 12.7 Å². The molecule has 0 aromatic rings. The van der Waals surface area contributed by atoms with Crippen LogP contribution >= 0.6 is 0 Å². The fraction of sp³-hybridized carbons (Fsp3) is 0.500. The molecule has 0 aliphatic carbocycles. The maximum Gasteiger partial charge on any atom is 0.177 e. The summed E-state index contributed by atoms with van der Waals surface area (Å²) in [5.41, 5.74) is -0.339. The smallest absolute Gasteiger partial charge is 0.177 e. The maximum atomic E-state index is 8.25. The number of rotatable bonds is 1. The molecule has 1 fully saturated rings. The molecule has 1 heterocycles. The number of hydrogen-bond acceptors (Lipinski definition) is 2. The summed E-state index contributed by atoms with van der Waals surface area (Å²) in [6.07, 6.45) is 1.40. The van der Waals surface area contributed by atoms with Gasteiger partial charge in [-0.05, 0) is 6.92 Å². The highest BCUT2D eigenvalue weighted by Crippen LogP contribution is 2.35. The summed E-state index contributed by atoms with van der Waals surface area (Å²) in [6, 6.07) is 1.99. The van der Waals surface area contributed by atoms with E-state index in [9.17, 15) is 0 Å². The monoisotopic (exact) mass is 109 g/mol. The third kappa shape index (κ3) is 0.524. The first-order valence-electron chi connectivity index (χ1n) is 2.44. The van der Waals surface area contributed by atoms with Crippen LogP contribution < -0.4 is 0 Å².